The molecule has 0 bridgehead atoms. The SMILES string of the molecule is CC(C)(C)OC(=O)C(C)(C)COc1ccc(-c2ccc(-c3nc(N4CCC(F)(F)CC4)nn3COCC[Si](C)(C)C)cc2)cn1. The number of rotatable bonds is 12. The normalized spacial score (nSPS) is 15.6. The number of aromatic nitrogens is 4. The Morgan fingerprint density at radius 3 is 2.16 bits per heavy atom. The fourth-order valence-corrected chi connectivity index (χ4v) is 5.27. The Morgan fingerprint density at radius 2 is 1.58 bits per heavy atom. The molecular formula is C33H47F2N5O4Si. The van der Waals surface area contributed by atoms with Crippen molar-refractivity contribution in [3.63, 3.8) is 0 Å². The second-order valence-corrected chi connectivity index (χ2v) is 20.2. The van der Waals surface area contributed by atoms with Gasteiger partial charge >= 0.3 is 5.97 Å². The molecule has 3 heterocycles. The van der Waals surface area contributed by atoms with Crippen molar-refractivity contribution >= 4 is 20.0 Å². The van der Waals surface area contributed by atoms with Crippen LogP contribution in [0.25, 0.3) is 22.5 Å². The van der Waals surface area contributed by atoms with E-state index in [1.165, 1.54) is 0 Å². The summed E-state index contributed by atoms with van der Waals surface area (Å²) in [6, 6.07) is 12.6. The Hall–Kier alpha value is -3.38. The zero-order valence-electron chi connectivity index (χ0n) is 27.8. The summed E-state index contributed by atoms with van der Waals surface area (Å²) in [4.78, 5) is 23.6. The van der Waals surface area contributed by atoms with Gasteiger partial charge in [0.05, 0.1) is 5.41 Å². The van der Waals surface area contributed by atoms with Crippen molar-refractivity contribution in [1.82, 2.24) is 19.7 Å². The van der Waals surface area contributed by atoms with Crippen LogP contribution >= 0.6 is 0 Å². The van der Waals surface area contributed by atoms with Crippen LogP contribution in [0.4, 0.5) is 14.7 Å². The minimum Gasteiger partial charge on any atom is -0.476 e. The predicted octanol–water partition coefficient (Wildman–Crippen LogP) is 7.30. The first-order valence-electron chi connectivity index (χ1n) is 15.5. The van der Waals surface area contributed by atoms with E-state index in [0.717, 1.165) is 22.7 Å². The van der Waals surface area contributed by atoms with Crippen LogP contribution in [0.1, 0.15) is 47.5 Å². The maximum absolute atomic E-state index is 13.8. The maximum atomic E-state index is 13.8. The standard InChI is InChI=1S/C33H47F2N5O4Si/c1-31(2,3)44-29(41)32(4,5)22-43-27-14-13-26(21-36-27)24-9-11-25(12-10-24)28-37-30(39-17-15-33(34,35)16-18-39)38-40(28)23-42-19-20-45(6,7)8/h9-14,21H,15-20,22-23H2,1-8H3. The molecular weight excluding hydrogens is 596 g/mol. The third-order valence-electron chi connectivity index (χ3n) is 7.39. The molecule has 0 radical (unpaired) electrons. The van der Waals surface area contributed by atoms with Crippen LogP contribution < -0.4 is 9.64 Å². The number of nitrogens with zero attached hydrogens (tertiary/aromatic N) is 5. The maximum Gasteiger partial charge on any atom is 0.315 e. The molecule has 1 fully saturated rings. The lowest BCUT2D eigenvalue weighted by Gasteiger charge is -2.30. The minimum atomic E-state index is -2.65. The fourth-order valence-electron chi connectivity index (χ4n) is 4.51. The number of benzene rings is 1. The largest absolute Gasteiger partial charge is 0.476 e. The highest BCUT2D eigenvalue weighted by Gasteiger charge is 2.36. The van der Waals surface area contributed by atoms with Crippen LogP contribution in [0.3, 0.4) is 0 Å². The van der Waals surface area contributed by atoms with Gasteiger partial charge in [0.15, 0.2) is 5.82 Å². The molecule has 1 aliphatic rings. The van der Waals surface area contributed by atoms with E-state index < -0.39 is 25.0 Å². The van der Waals surface area contributed by atoms with E-state index in [0.29, 0.717) is 24.3 Å². The van der Waals surface area contributed by atoms with Crippen molar-refractivity contribution in [3.8, 4) is 28.4 Å². The number of carbonyl (C=O) groups is 1. The summed E-state index contributed by atoms with van der Waals surface area (Å²) in [5.74, 6) is -1.50. The zero-order valence-corrected chi connectivity index (χ0v) is 28.8. The Morgan fingerprint density at radius 1 is 0.956 bits per heavy atom. The van der Waals surface area contributed by atoms with Crippen molar-refractivity contribution in [2.24, 2.45) is 5.41 Å². The third kappa shape index (κ3) is 10.1. The predicted molar refractivity (Wildman–Crippen MR) is 174 cm³/mol. The second kappa shape index (κ2) is 13.5. The summed E-state index contributed by atoms with van der Waals surface area (Å²) in [7, 11) is -1.26. The fraction of sp³-hybridized carbons (Fsp3) is 0.576. The smallest absolute Gasteiger partial charge is 0.315 e. The van der Waals surface area contributed by atoms with Crippen molar-refractivity contribution in [3.05, 3.63) is 42.6 Å². The lowest BCUT2D eigenvalue weighted by Crippen LogP contribution is -2.40. The molecule has 1 aliphatic heterocycles. The number of alkyl halides is 2. The van der Waals surface area contributed by atoms with Crippen LogP contribution in [0.5, 0.6) is 5.88 Å². The molecule has 0 N–H and O–H groups in total. The van der Waals surface area contributed by atoms with E-state index in [2.05, 4.69) is 29.7 Å². The number of hydrogen-bond donors (Lipinski definition) is 0. The molecule has 0 saturated carbocycles. The van der Waals surface area contributed by atoms with Crippen molar-refractivity contribution in [1.29, 1.82) is 0 Å². The van der Waals surface area contributed by atoms with Crippen molar-refractivity contribution < 1.29 is 27.8 Å². The number of halogens is 2. The number of anilines is 1. The molecule has 0 amide bonds. The third-order valence-corrected chi connectivity index (χ3v) is 9.10. The first kappa shape index (κ1) is 34.5. The Balaban J connectivity index is 1.45. The van der Waals surface area contributed by atoms with Crippen molar-refractivity contribution in [2.75, 3.05) is 31.2 Å². The number of carbonyl (C=O) groups excluding carboxylic acids is 1. The summed E-state index contributed by atoms with van der Waals surface area (Å²) in [5, 5.41) is 4.67. The highest BCUT2D eigenvalue weighted by Crippen LogP contribution is 2.31. The van der Waals surface area contributed by atoms with E-state index in [1.54, 1.807) is 30.8 Å². The molecule has 0 aliphatic carbocycles. The van der Waals surface area contributed by atoms with Crippen LogP contribution in [-0.4, -0.2) is 71.6 Å². The summed E-state index contributed by atoms with van der Waals surface area (Å²) in [6.45, 7) is 17.4. The van der Waals surface area contributed by atoms with Crippen LogP contribution in [-0.2, 0) is 21.0 Å². The number of ether oxygens (including phenoxy) is 3. The summed E-state index contributed by atoms with van der Waals surface area (Å²) in [6.07, 6.45) is 1.30. The number of piperidine rings is 1. The first-order valence-corrected chi connectivity index (χ1v) is 19.2. The van der Waals surface area contributed by atoms with Gasteiger partial charge in [0, 0.05) is 64.0 Å². The van der Waals surface area contributed by atoms with Gasteiger partial charge in [0.25, 0.3) is 5.92 Å². The Bertz CT molecular complexity index is 1420. The minimum absolute atomic E-state index is 0.132. The van der Waals surface area contributed by atoms with E-state index in [4.69, 9.17) is 19.2 Å². The Labute approximate surface area is 266 Å². The zero-order chi connectivity index (χ0) is 33.0. The molecule has 0 spiro atoms. The lowest BCUT2D eigenvalue weighted by molar-refractivity contribution is -0.167. The van der Waals surface area contributed by atoms with Gasteiger partial charge in [-0.2, -0.15) is 4.98 Å². The molecule has 4 rings (SSSR count). The van der Waals surface area contributed by atoms with Crippen LogP contribution in [0.2, 0.25) is 25.7 Å². The van der Waals surface area contributed by atoms with Gasteiger partial charge < -0.3 is 19.1 Å². The van der Waals surface area contributed by atoms with Crippen LogP contribution in [0, 0.1) is 5.41 Å². The molecule has 45 heavy (non-hydrogen) atoms. The molecule has 3 aromatic rings. The van der Waals surface area contributed by atoms with E-state index in [9.17, 15) is 13.6 Å². The second-order valence-electron chi connectivity index (χ2n) is 14.6. The highest BCUT2D eigenvalue weighted by molar-refractivity contribution is 6.76. The molecule has 0 atom stereocenters. The van der Waals surface area contributed by atoms with Gasteiger partial charge in [-0.1, -0.05) is 43.9 Å². The molecule has 1 aromatic carbocycles. The number of hydrogen-bond acceptors (Lipinski definition) is 8. The Kier molecular flexibility index (Phi) is 10.4. The average Bonchev–Trinajstić information content (AvgIpc) is 3.37. The van der Waals surface area contributed by atoms with E-state index in [1.807, 2.05) is 56.0 Å². The molecule has 12 heteroatoms. The van der Waals surface area contributed by atoms with Gasteiger partial charge in [-0.15, -0.1) is 5.10 Å². The van der Waals surface area contributed by atoms with Crippen molar-refractivity contribution in [2.45, 2.75) is 91.4 Å². The molecule has 1 saturated heterocycles. The lowest BCUT2D eigenvalue weighted by atomic mass is 9.94. The van der Waals surface area contributed by atoms with Gasteiger partial charge in [-0.05, 0) is 52.3 Å². The topological polar surface area (TPSA) is 91.6 Å². The quantitative estimate of drug-likeness (QED) is 0.115. The van der Waals surface area contributed by atoms with Gasteiger partial charge in [-0.25, -0.2) is 18.4 Å². The summed E-state index contributed by atoms with van der Waals surface area (Å²) < 4.78 is 46.6. The van der Waals surface area contributed by atoms with E-state index in [-0.39, 0.29) is 45.2 Å². The number of pyridine rings is 1. The van der Waals surface area contributed by atoms with Gasteiger partial charge in [0.1, 0.15) is 18.9 Å². The summed E-state index contributed by atoms with van der Waals surface area (Å²) >= 11 is 0. The molecule has 2 aromatic heterocycles. The van der Waals surface area contributed by atoms with E-state index >= 15 is 0 Å². The first-order chi connectivity index (χ1) is 20.9. The average molecular weight is 644 g/mol. The molecule has 0 unspecified atom stereocenters. The van der Waals surface area contributed by atoms with Gasteiger partial charge in [-0.3, -0.25) is 4.79 Å². The number of esters is 1. The van der Waals surface area contributed by atoms with Gasteiger partial charge in [0.2, 0.25) is 11.8 Å². The van der Waals surface area contributed by atoms with Crippen LogP contribution in [0.15, 0.2) is 42.6 Å². The highest BCUT2D eigenvalue weighted by atomic mass is 28.3. The monoisotopic (exact) mass is 643 g/mol. The molecule has 246 valence electrons. The summed E-state index contributed by atoms with van der Waals surface area (Å²) in [5.41, 5.74) is 1.28. The molecule has 9 nitrogen and oxygen atoms in total.